The van der Waals surface area contributed by atoms with Crippen LogP contribution in [0, 0.1) is 11.8 Å². The second-order valence-electron chi connectivity index (χ2n) is 5.88. The number of carboxylic acids is 2. The third-order valence-electron chi connectivity index (χ3n) is 3.46. The Kier molecular flexibility index (Phi) is 7.58. The van der Waals surface area contributed by atoms with Crippen molar-refractivity contribution in [3.63, 3.8) is 0 Å². The minimum atomic E-state index is -1.10. The first-order chi connectivity index (χ1) is 11.7. The smallest absolute Gasteiger partial charge is 0.335 e. The molecule has 0 radical (unpaired) electrons. The maximum absolute atomic E-state index is 11.6. The number of hydrogen-bond acceptors (Lipinski definition) is 5. The van der Waals surface area contributed by atoms with Crippen LogP contribution in [0.3, 0.4) is 0 Å². The highest BCUT2D eigenvalue weighted by atomic mass is 16.7. The van der Waals surface area contributed by atoms with Crippen LogP contribution in [0.25, 0.3) is 0 Å². The topological polar surface area (TPSA) is 130 Å². The Hall–Kier alpha value is -2.90. The van der Waals surface area contributed by atoms with Gasteiger partial charge in [0.15, 0.2) is 0 Å². The van der Waals surface area contributed by atoms with Crippen molar-refractivity contribution in [3.8, 4) is 0 Å². The molecule has 0 aromatic heterocycles. The third kappa shape index (κ3) is 7.03. The summed E-state index contributed by atoms with van der Waals surface area (Å²) >= 11 is 0. The molecule has 25 heavy (non-hydrogen) atoms. The first-order valence-electron chi connectivity index (χ1n) is 7.75. The minimum absolute atomic E-state index is 0.0255. The van der Waals surface area contributed by atoms with Gasteiger partial charge in [-0.15, -0.1) is 0 Å². The fourth-order valence-corrected chi connectivity index (χ4v) is 2.01. The van der Waals surface area contributed by atoms with E-state index in [1.807, 2.05) is 5.48 Å². The fourth-order valence-electron chi connectivity index (χ4n) is 2.01. The molecule has 1 aromatic rings. The highest BCUT2D eigenvalue weighted by Crippen LogP contribution is 2.16. The Morgan fingerprint density at radius 1 is 1.16 bits per heavy atom. The zero-order valence-corrected chi connectivity index (χ0v) is 14.0. The van der Waals surface area contributed by atoms with E-state index in [4.69, 9.17) is 5.11 Å². The molecule has 0 aliphatic heterocycles. The summed E-state index contributed by atoms with van der Waals surface area (Å²) in [5.41, 5.74) is 2.61. The Bertz CT molecular complexity index is 654. The Balaban J connectivity index is 2.59. The summed E-state index contributed by atoms with van der Waals surface area (Å²) in [5, 5.41) is 18.2. The molecular weight excluding hydrogens is 330 g/mol. The van der Waals surface area contributed by atoms with Gasteiger partial charge in [-0.2, -0.15) is 5.48 Å². The van der Waals surface area contributed by atoms with E-state index in [2.05, 4.69) is 4.84 Å². The SMILES string of the molecule is CC(C)C(=O)ONC(=O)CCC(Cc1cccc(C(=O)O)c1)C(=O)O. The molecule has 0 saturated heterocycles. The lowest BCUT2D eigenvalue weighted by Gasteiger charge is -2.13. The molecule has 0 aliphatic carbocycles. The Morgan fingerprint density at radius 3 is 2.40 bits per heavy atom. The van der Waals surface area contributed by atoms with Gasteiger partial charge >= 0.3 is 17.9 Å². The van der Waals surface area contributed by atoms with Crippen molar-refractivity contribution in [2.75, 3.05) is 0 Å². The maximum atomic E-state index is 11.6. The van der Waals surface area contributed by atoms with Crippen molar-refractivity contribution >= 4 is 23.8 Å². The van der Waals surface area contributed by atoms with Crippen LogP contribution in [-0.2, 0) is 25.6 Å². The molecule has 8 heteroatoms. The zero-order chi connectivity index (χ0) is 19.0. The lowest BCUT2D eigenvalue weighted by molar-refractivity contribution is -0.161. The van der Waals surface area contributed by atoms with E-state index in [-0.39, 0.29) is 24.8 Å². The number of aromatic carboxylic acids is 1. The fraction of sp³-hybridized carbons (Fsp3) is 0.412. The Labute approximate surface area is 144 Å². The molecule has 1 aromatic carbocycles. The number of nitrogens with one attached hydrogen (secondary N) is 1. The summed E-state index contributed by atoms with van der Waals surface area (Å²) in [6.07, 6.45) is -0.0197. The number of hydroxylamine groups is 1. The largest absolute Gasteiger partial charge is 0.481 e. The van der Waals surface area contributed by atoms with Crippen molar-refractivity contribution < 1.29 is 34.2 Å². The van der Waals surface area contributed by atoms with Gasteiger partial charge in [-0.25, -0.2) is 9.59 Å². The predicted octanol–water partition coefficient (Wildman–Crippen LogP) is 1.64. The van der Waals surface area contributed by atoms with Crippen LogP contribution in [0.5, 0.6) is 0 Å². The highest BCUT2D eigenvalue weighted by molar-refractivity contribution is 5.87. The Morgan fingerprint density at radius 2 is 1.84 bits per heavy atom. The zero-order valence-electron chi connectivity index (χ0n) is 14.0. The molecule has 3 N–H and O–H groups in total. The lowest BCUT2D eigenvalue weighted by Crippen LogP contribution is -2.30. The molecule has 1 rings (SSSR count). The quantitative estimate of drug-likeness (QED) is 0.607. The molecule has 136 valence electrons. The van der Waals surface area contributed by atoms with E-state index in [0.717, 1.165) is 0 Å². The molecule has 0 heterocycles. The summed E-state index contributed by atoms with van der Waals surface area (Å²) in [5.74, 6) is -4.63. The van der Waals surface area contributed by atoms with Gasteiger partial charge in [0.05, 0.1) is 17.4 Å². The average Bonchev–Trinajstić information content (AvgIpc) is 2.56. The molecular formula is C17H21NO7. The van der Waals surface area contributed by atoms with Crippen LogP contribution in [0.15, 0.2) is 24.3 Å². The van der Waals surface area contributed by atoms with Crippen molar-refractivity contribution in [2.45, 2.75) is 33.1 Å². The molecule has 0 saturated carbocycles. The number of carbonyl (C=O) groups excluding carboxylic acids is 2. The van der Waals surface area contributed by atoms with Gasteiger partial charge < -0.3 is 15.1 Å². The van der Waals surface area contributed by atoms with E-state index in [9.17, 15) is 24.3 Å². The van der Waals surface area contributed by atoms with Gasteiger partial charge in [0.2, 0.25) is 0 Å². The molecule has 0 bridgehead atoms. The first kappa shape index (κ1) is 20.1. The van der Waals surface area contributed by atoms with Crippen LogP contribution in [0.4, 0.5) is 0 Å². The van der Waals surface area contributed by atoms with E-state index < -0.39 is 35.7 Å². The summed E-state index contributed by atoms with van der Waals surface area (Å²) in [6.45, 7) is 3.22. The molecule has 0 fully saturated rings. The number of aliphatic carboxylic acids is 1. The van der Waals surface area contributed by atoms with Crippen molar-refractivity contribution in [1.82, 2.24) is 5.48 Å². The van der Waals surface area contributed by atoms with Crippen LogP contribution >= 0.6 is 0 Å². The monoisotopic (exact) mass is 351 g/mol. The summed E-state index contributed by atoms with van der Waals surface area (Å²) < 4.78 is 0. The number of hydrogen-bond donors (Lipinski definition) is 3. The number of amides is 1. The lowest BCUT2D eigenvalue weighted by atomic mass is 9.94. The molecule has 1 amide bonds. The van der Waals surface area contributed by atoms with Crippen LogP contribution < -0.4 is 5.48 Å². The molecule has 8 nitrogen and oxygen atoms in total. The second kappa shape index (κ2) is 9.41. The van der Waals surface area contributed by atoms with Gasteiger partial charge in [-0.05, 0) is 30.5 Å². The average molecular weight is 351 g/mol. The van der Waals surface area contributed by atoms with E-state index in [0.29, 0.717) is 5.56 Å². The maximum Gasteiger partial charge on any atom is 0.335 e. The van der Waals surface area contributed by atoms with Gasteiger partial charge in [-0.3, -0.25) is 9.59 Å². The second-order valence-corrected chi connectivity index (χ2v) is 5.88. The molecule has 1 unspecified atom stereocenters. The summed E-state index contributed by atoms with van der Waals surface area (Å²) in [6, 6.07) is 5.99. The van der Waals surface area contributed by atoms with E-state index >= 15 is 0 Å². The normalized spacial score (nSPS) is 11.6. The van der Waals surface area contributed by atoms with Crippen LogP contribution in [0.2, 0.25) is 0 Å². The molecule has 0 aliphatic rings. The summed E-state index contributed by atoms with van der Waals surface area (Å²) in [7, 11) is 0. The highest BCUT2D eigenvalue weighted by Gasteiger charge is 2.20. The van der Waals surface area contributed by atoms with Gasteiger partial charge in [0.1, 0.15) is 0 Å². The predicted molar refractivity (Wildman–Crippen MR) is 86.5 cm³/mol. The van der Waals surface area contributed by atoms with Crippen molar-refractivity contribution in [2.24, 2.45) is 11.8 Å². The number of benzene rings is 1. The third-order valence-corrected chi connectivity index (χ3v) is 3.46. The van der Waals surface area contributed by atoms with Crippen molar-refractivity contribution in [3.05, 3.63) is 35.4 Å². The van der Waals surface area contributed by atoms with Crippen LogP contribution in [0.1, 0.15) is 42.6 Å². The number of carboxylic acid groups (broad SMARTS) is 2. The molecule has 0 spiro atoms. The minimum Gasteiger partial charge on any atom is -0.481 e. The van der Waals surface area contributed by atoms with E-state index in [1.54, 1.807) is 19.9 Å². The van der Waals surface area contributed by atoms with Gasteiger partial charge in [0, 0.05) is 6.42 Å². The number of rotatable bonds is 8. The van der Waals surface area contributed by atoms with Crippen LogP contribution in [-0.4, -0.2) is 34.0 Å². The first-order valence-corrected chi connectivity index (χ1v) is 7.75. The number of carbonyl (C=O) groups is 4. The summed E-state index contributed by atoms with van der Waals surface area (Å²) in [4.78, 5) is 49.8. The molecule has 1 atom stereocenters. The van der Waals surface area contributed by atoms with Crippen molar-refractivity contribution in [1.29, 1.82) is 0 Å². The standard InChI is InChI=1S/C17H21NO7/c1-10(2)17(24)25-18-14(19)7-6-13(16(22)23)9-11-4-3-5-12(8-11)15(20)21/h3-5,8,10,13H,6-7,9H2,1-2H3,(H,18,19)(H,20,21)(H,22,23). The van der Waals surface area contributed by atoms with Gasteiger partial charge in [-0.1, -0.05) is 26.0 Å². The van der Waals surface area contributed by atoms with E-state index in [1.165, 1.54) is 18.2 Å². The van der Waals surface area contributed by atoms with Gasteiger partial charge in [0.25, 0.3) is 5.91 Å².